The van der Waals surface area contributed by atoms with Crippen molar-refractivity contribution in [2.75, 3.05) is 18.6 Å². The summed E-state index contributed by atoms with van der Waals surface area (Å²) in [6.07, 6.45) is 1.17. The third kappa shape index (κ3) is 5.09. The molecular formula is C18H19N3O3S. The summed E-state index contributed by atoms with van der Waals surface area (Å²) < 4.78 is 4.83. The van der Waals surface area contributed by atoms with E-state index in [2.05, 4.69) is 10.3 Å². The fourth-order valence-electron chi connectivity index (χ4n) is 2.03. The van der Waals surface area contributed by atoms with Gasteiger partial charge in [-0.2, -0.15) is 0 Å². The third-order valence-electron chi connectivity index (χ3n) is 3.23. The molecule has 2 aromatic carbocycles. The maximum absolute atomic E-state index is 12.5. The molecule has 0 fully saturated rings. The van der Waals surface area contributed by atoms with Gasteiger partial charge in [0, 0.05) is 11.1 Å². The second kappa shape index (κ2) is 8.89. The molecule has 0 aromatic heterocycles. The molecule has 0 saturated carbocycles. The van der Waals surface area contributed by atoms with Crippen LogP contribution < -0.4 is 11.1 Å². The maximum atomic E-state index is 12.5. The Morgan fingerprint density at radius 3 is 2.52 bits per heavy atom. The summed E-state index contributed by atoms with van der Waals surface area (Å²) in [6, 6.07) is 13.8. The Balaban J connectivity index is 2.30. The number of nitrogens with one attached hydrogen (secondary N) is 1. The number of benzene rings is 2. The number of nitrogens with two attached hydrogens (primary N) is 1. The number of anilines is 1. The first-order valence-corrected chi connectivity index (χ1v) is 8.83. The second-order valence-corrected chi connectivity index (χ2v) is 5.73. The minimum absolute atomic E-state index is 0.124. The molecule has 1 amide bonds. The fourth-order valence-corrected chi connectivity index (χ4v) is 2.40. The number of hydrogen-bond acceptors (Lipinski definition) is 6. The number of carbonyl (C=O) groups excluding carboxylic acids is 2. The monoisotopic (exact) mass is 357 g/mol. The summed E-state index contributed by atoms with van der Waals surface area (Å²) in [5, 5.41) is 2.86. The molecule has 6 nitrogen and oxygen atoms in total. The number of amidine groups is 1. The molecule has 0 saturated heterocycles. The van der Waals surface area contributed by atoms with E-state index in [1.165, 1.54) is 11.8 Å². The molecular weight excluding hydrogens is 338 g/mol. The normalized spacial score (nSPS) is 11.0. The summed E-state index contributed by atoms with van der Waals surface area (Å²) in [4.78, 5) is 28.4. The molecule has 0 bridgehead atoms. The Kier molecular flexibility index (Phi) is 6.59. The summed E-state index contributed by atoms with van der Waals surface area (Å²) >= 11 is 1.24. The molecule has 0 atom stereocenters. The van der Waals surface area contributed by atoms with Crippen LogP contribution in [0.5, 0.6) is 0 Å². The van der Waals surface area contributed by atoms with E-state index in [0.717, 1.165) is 0 Å². The Bertz CT molecular complexity index is 791. The van der Waals surface area contributed by atoms with Gasteiger partial charge >= 0.3 is 6.09 Å². The molecule has 25 heavy (non-hydrogen) atoms. The first-order chi connectivity index (χ1) is 12.0. The first-order valence-electron chi connectivity index (χ1n) is 7.61. The van der Waals surface area contributed by atoms with Gasteiger partial charge in [0.25, 0.3) is 0 Å². The number of amides is 1. The Morgan fingerprint density at radius 1 is 1.16 bits per heavy atom. The highest BCUT2D eigenvalue weighted by Gasteiger charge is 2.12. The largest absolute Gasteiger partial charge is 0.450 e. The molecule has 0 aliphatic heterocycles. The lowest BCUT2D eigenvalue weighted by Crippen LogP contribution is -2.28. The fraction of sp³-hybridized carbons (Fsp3) is 0.167. The maximum Gasteiger partial charge on any atom is 0.413 e. The van der Waals surface area contributed by atoms with Crippen LogP contribution in [0.2, 0.25) is 0 Å². The van der Waals surface area contributed by atoms with Crippen molar-refractivity contribution in [2.45, 2.75) is 6.92 Å². The average Bonchev–Trinajstić information content (AvgIpc) is 2.63. The zero-order valence-corrected chi connectivity index (χ0v) is 14.8. The summed E-state index contributed by atoms with van der Waals surface area (Å²) in [6.45, 7) is 1.98. The van der Waals surface area contributed by atoms with E-state index in [9.17, 15) is 9.59 Å². The van der Waals surface area contributed by atoms with Gasteiger partial charge in [-0.15, -0.1) is 0 Å². The highest BCUT2D eigenvalue weighted by Crippen LogP contribution is 2.25. The number of ketones is 1. The van der Waals surface area contributed by atoms with Crippen molar-refractivity contribution in [2.24, 2.45) is 4.99 Å². The average molecular weight is 357 g/mol. The van der Waals surface area contributed by atoms with Gasteiger partial charge < -0.3 is 10.5 Å². The summed E-state index contributed by atoms with van der Waals surface area (Å²) in [7, 11) is 0. The van der Waals surface area contributed by atoms with Gasteiger partial charge in [-0.3, -0.25) is 10.1 Å². The van der Waals surface area contributed by atoms with Gasteiger partial charge in [-0.05, 0) is 31.4 Å². The number of hydrogen-bond donors (Lipinski definition) is 2. The van der Waals surface area contributed by atoms with Crippen LogP contribution in [0.1, 0.15) is 22.8 Å². The molecule has 0 spiro atoms. The summed E-state index contributed by atoms with van der Waals surface area (Å²) in [5.74, 6) is -0.124. The quantitative estimate of drug-likeness (QED) is 0.377. The van der Waals surface area contributed by atoms with E-state index in [1.807, 2.05) is 6.07 Å². The van der Waals surface area contributed by atoms with Crippen molar-refractivity contribution in [1.82, 2.24) is 5.32 Å². The molecule has 0 aliphatic rings. The van der Waals surface area contributed by atoms with Gasteiger partial charge in [0.1, 0.15) is 0 Å². The molecule has 0 radical (unpaired) electrons. The van der Waals surface area contributed by atoms with E-state index in [0.29, 0.717) is 27.7 Å². The van der Waals surface area contributed by atoms with E-state index in [1.54, 1.807) is 55.6 Å². The molecule has 7 heteroatoms. The molecule has 0 unspecified atom stereocenters. The number of nitrogen functional groups attached to an aromatic ring is 1. The zero-order valence-electron chi connectivity index (χ0n) is 14.0. The van der Waals surface area contributed by atoms with Crippen molar-refractivity contribution in [3.05, 3.63) is 59.7 Å². The minimum Gasteiger partial charge on any atom is -0.450 e. The van der Waals surface area contributed by atoms with Gasteiger partial charge in [0.05, 0.1) is 18.0 Å². The minimum atomic E-state index is -0.592. The lowest BCUT2D eigenvalue weighted by molar-refractivity contribution is 0.103. The van der Waals surface area contributed by atoms with Crippen LogP contribution in [0.15, 0.2) is 53.5 Å². The van der Waals surface area contributed by atoms with Crippen molar-refractivity contribution in [3.63, 3.8) is 0 Å². The highest BCUT2D eigenvalue weighted by molar-refractivity contribution is 8.13. The van der Waals surface area contributed by atoms with Crippen LogP contribution in [0.25, 0.3) is 0 Å². The Hall–Kier alpha value is -2.80. The molecule has 0 heterocycles. The van der Waals surface area contributed by atoms with Crippen LogP contribution >= 0.6 is 11.8 Å². The lowest BCUT2D eigenvalue weighted by Gasteiger charge is -2.09. The van der Waals surface area contributed by atoms with Crippen LogP contribution in [0.3, 0.4) is 0 Å². The van der Waals surface area contributed by atoms with E-state index < -0.39 is 6.09 Å². The number of nitrogens with zero attached hydrogens (tertiary/aromatic N) is 1. The van der Waals surface area contributed by atoms with Crippen LogP contribution in [-0.2, 0) is 4.74 Å². The van der Waals surface area contributed by atoms with Crippen molar-refractivity contribution in [3.8, 4) is 0 Å². The molecule has 3 N–H and O–H groups in total. The molecule has 2 aromatic rings. The van der Waals surface area contributed by atoms with Crippen LogP contribution in [-0.4, -0.2) is 29.9 Å². The van der Waals surface area contributed by atoms with Crippen LogP contribution in [0, 0.1) is 0 Å². The number of carbonyl (C=O) groups is 2. The topological polar surface area (TPSA) is 93.8 Å². The number of aliphatic imine (C=N–C) groups is 1. The Labute approximate surface area is 150 Å². The lowest BCUT2D eigenvalue weighted by atomic mass is 10.0. The first kappa shape index (κ1) is 18.5. The van der Waals surface area contributed by atoms with Crippen molar-refractivity contribution < 1.29 is 14.3 Å². The predicted molar refractivity (Wildman–Crippen MR) is 101 cm³/mol. The molecule has 2 rings (SSSR count). The molecule has 0 aliphatic carbocycles. The Morgan fingerprint density at radius 2 is 1.88 bits per heavy atom. The van der Waals surface area contributed by atoms with Crippen molar-refractivity contribution in [1.29, 1.82) is 0 Å². The zero-order chi connectivity index (χ0) is 18.2. The number of ether oxygens (including phenoxy) is 1. The highest BCUT2D eigenvalue weighted by atomic mass is 32.2. The third-order valence-corrected chi connectivity index (χ3v) is 3.81. The van der Waals surface area contributed by atoms with Gasteiger partial charge in [0.15, 0.2) is 11.0 Å². The van der Waals surface area contributed by atoms with Gasteiger partial charge in [-0.1, -0.05) is 42.1 Å². The van der Waals surface area contributed by atoms with Gasteiger partial charge in [0.2, 0.25) is 0 Å². The second-order valence-electron chi connectivity index (χ2n) is 4.94. The van der Waals surface area contributed by atoms with Crippen molar-refractivity contribution >= 4 is 40.2 Å². The standard InChI is InChI=1S/C18H19N3O3S/c1-3-24-18(23)21-17(25-2)20-15-11-13(9-10-14(15)19)16(22)12-7-5-4-6-8-12/h4-11H,3,19H2,1-2H3,(H,20,21,23). The van der Waals surface area contributed by atoms with E-state index >= 15 is 0 Å². The van der Waals surface area contributed by atoms with Gasteiger partial charge in [-0.25, -0.2) is 9.79 Å². The smallest absolute Gasteiger partial charge is 0.413 e. The van der Waals surface area contributed by atoms with E-state index in [4.69, 9.17) is 10.5 Å². The predicted octanol–water partition coefficient (Wildman–Crippen LogP) is 3.60. The molecule has 130 valence electrons. The van der Waals surface area contributed by atoms with Crippen LogP contribution in [0.4, 0.5) is 16.2 Å². The SMILES string of the molecule is CCOC(=O)NC(=Nc1cc(C(=O)c2ccccc2)ccc1N)SC. The number of thioether (sulfide) groups is 1. The summed E-state index contributed by atoms with van der Waals surface area (Å²) in [5.41, 5.74) is 7.81. The number of alkyl carbamates (subject to hydrolysis) is 1. The van der Waals surface area contributed by atoms with E-state index in [-0.39, 0.29) is 12.4 Å². The number of rotatable bonds is 4.